The lowest BCUT2D eigenvalue weighted by Crippen LogP contribution is -2.48. The highest BCUT2D eigenvalue weighted by Crippen LogP contribution is 2.13. The van der Waals surface area contributed by atoms with Crippen LogP contribution in [0.4, 0.5) is 0 Å². The predicted molar refractivity (Wildman–Crippen MR) is 105 cm³/mol. The molecule has 0 atom stereocenters. The summed E-state index contributed by atoms with van der Waals surface area (Å²) in [6.07, 6.45) is 5.27. The first kappa shape index (κ1) is 18.6. The Bertz CT molecular complexity index is 689. The smallest absolute Gasteiger partial charge is 0.227 e. The van der Waals surface area contributed by atoms with E-state index >= 15 is 0 Å². The van der Waals surface area contributed by atoms with Crippen LogP contribution in [0.2, 0.25) is 0 Å². The molecule has 2 aromatic rings. The Balaban J connectivity index is 1.46. The lowest BCUT2D eigenvalue weighted by Gasteiger charge is -2.34. The molecule has 0 saturated carbocycles. The lowest BCUT2D eigenvalue weighted by molar-refractivity contribution is -0.132. The average Bonchev–Trinajstić information content (AvgIpc) is 2.64. The van der Waals surface area contributed by atoms with Gasteiger partial charge in [0.1, 0.15) is 0 Å². The molecule has 2 heterocycles. The van der Waals surface area contributed by atoms with Crippen LogP contribution in [0, 0.1) is 5.92 Å². The fraction of sp³-hybridized carbons (Fsp3) is 0.455. The fourth-order valence-electron chi connectivity index (χ4n) is 3.45. The van der Waals surface area contributed by atoms with Gasteiger partial charge in [0.2, 0.25) is 5.91 Å². The molecule has 0 spiro atoms. The number of benzene rings is 1. The maximum absolute atomic E-state index is 12.6. The molecule has 1 aliphatic rings. The van der Waals surface area contributed by atoms with Crippen LogP contribution in [-0.4, -0.2) is 46.9 Å². The molecule has 0 N–H and O–H groups in total. The zero-order valence-corrected chi connectivity index (χ0v) is 15.9. The first-order valence-corrected chi connectivity index (χ1v) is 9.57. The van der Waals surface area contributed by atoms with Crippen molar-refractivity contribution in [2.45, 2.75) is 33.2 Å². The molecule has 0 bridgehead atoms. The van der Waals surface area contributed by atoms with Crippen LogP contribution in [0.1, 0.15) is 30.5 Å². The SMILES string of the molecule is CC(C)Cc1ccc(CC(=O)N2CCN(Cc3ccncc3)CC2)cc1. The lowest BCUT2D eigenvalue weighted by atomic mass is 10.0. The Morgan fingerprint density at radius 1 is 0.923 bits per heavy atom. The average molecular weight is 351 g/mol. The third-order valence-corrected chi connectivity index (χ3v) is 4.90. The molecule has 1 fully saturated rings. The monoisotopic (exact) mass is 351 g/mol. The summed E-state index contributed by atoms with van der Waals surface area (Å²) in [5.41, 5.74) is 3.74. The summed E-state index contributed by atoms with van der Waals surface area (Å²) in [6.45, 7) is 8.88. The Morgan fingerprint density at radius 2 is 1.54 bits per heavy atom. The molecule has 4 heteroatoms. The molecule has 0 radical (unpaired) electrons. The van der Waals surface area contributed by atoms with Crippen LogP contribution in [-0.2, 0) is 24.2 Å². The van der Waals surface area contributed by atoms with Gasteiger partial charge in [-0.1, -0.05) is 38.1 Å². The molecule has 0 unspecified atom stereocenters. The van der Waals surface area contributed by atoms with Gasteiger partial charge >= 0.3 is 0 Å². The highest BCUT2D eigenvalue weighted by molar-refractivity contribution is 5.78. The van der Waals surface area contributed by atoms with Crippen molar-refractivity contribution in [1.29, 1.82) is 0 Å². The number of amides is 1. The number of nitrogens with zero attached hydrogens (tertiary/aromatic N) is 3. The number of aromatic nitrogens is 1. The summed E-state index contributed by atoms with van der Waals surface area (Å²) >= 11 is 0. The minimum atomic E-state index is 0.241. The number of carbonyl (C=O) groups is 1. The molecular weight excluding hydrogens is 322 g/mol. The quantitative estimate of drug-likeness (QED) is 0.802. The second-order valence-corrected chi connectivity index (χ2v) is 7.60. The number of hydrogen-bond donors (Lipinski definition) is 0. The van der Waals surface area contributed by atoms with Crippen molar-refractivity contribution in [3.8, 4) is 0 Å². The predicted octanol–water partition coefficient (Wildman–Crippen LogP) is 3.17. The van der Waals surface area contributed by atoms with Crippen molar-refractivity contribution in [1.82, 2.24) is 14.8 Å². The molecule has 26 heavy (non-hydrogen) atoms. The van der Waals surface area contributed by atoms with Crippen LogP contribution < -0.4 is 0 Å². The first-order valence-electron chi connectivity index (χ1n) is 9.57. The Hall–Kier alpha value is -2.20. The van der Waals surface area contributed by atoms with Crippen molar-refractivity contribution in [3.63, 3.8) is 0 Å². The Kier molecular flexibility index (Phi) is 6.40. The van der Waals surface area contributed by atoms with Crippen molar-refractivity contribution in [2.24, 2.45) is 5.92 Å². The highest BCUT2D eigenvalue weighted by atomic mass is 16.2. The number of piperazine rings is 1. The molecule has 1 aromatic heterocycles. The van der Waals surface area contributed by atoms with E-state index in [0.717, 1.165) is 44.7 Å². The molecule has 0 aliphatic carbocycles. The van der Waals surface area contributed by atoms with Crippen LogP contribution in [0.25, 0.3) is 0 Å². The topological polar surface area (TPSA) is 36.4 Å². The van der Waals surface area contributed by atoms with Crippen LogP contribution in [0.15, 0.2) is 48.8 Å². The standard InChI is InChI=1S/C22H29N3O/c1-18(2)15-19-3-5-20(6-4-19)16-22(26)25-13-11-24(12-14-25)17-21-7-9-23-10-8-21/h3-10,18H,11-17H2,1-2H3. The van der Waals surface area contributed by atoms with E-state index in [-0.39, 0.29) is 5.91 Å². The van der Waals surface area contributed by atoms with E-state index in [2.05, 4.69) is 60.1 Å². The highest BCUT2D eigenvalue weighted by Gasteiger charge is 2.21. The second kappa shape index (κ2) is 8.95. The fourth-order valence-corrected chi connectivity index (χ4v) is 3.45. The zero-order chi connectivity index (χ0) is 18.4. The van der Waals surface area contributed by atoms with Gasteiger partial charge in [0, 0.05) is 45.1 Å². The van der Waals surface area contributed by atoms with Gasteiger partial charge in [0.05, 0.1) is 6.42 Å². The van der Waals surface area contributed by atoms with Gasteiger partial charge in [-0.05, 0) is 41.2 Å². The number of carbonyl (C=O) groups excluding carboxylic acids is 1. The van der Waals surface area contributed by atoms with Crippen LogP contribution >= 0.6 is 0 Å². The first-order chi connectivity index (χ1) is 12.6. The second-order valence-electron chi connectivity index (χ2n) is 7.60. The summed E-state index contributed by atoms with van der Waals surface area (Å²) in [4.78, 5) is 21.1. The van der Waals surface area contributed by atoms with Crippen LogP contribution in [0.5, 0.6) is 0 Å². The summed E-state index contributed by atoms with van der Waals surface area (Å²) in [7, 11) is 0. The summed E-state index contributed by atoms with van der Waals surface area (Å²) in [5, 5.41) is 0. The largest absolute Gasteiger partial charge is 0.340 e. The molecule has 3 rings (SSSR count). The molecular formula is C22H29N3O. The van der Waals surface area contributed by atoms with Crippen molar-refractivity contribution in [2.75, 3.05) is 26.2 Å². The maximum atomic E-state index is 12.6. The number of pyridine rings is 1. The minimum Gasteiger partial charge on any atom is -0.340 e. The van der Waals surface area contributed by atoms with E-state index in [1.54, 1.807) is 0 Å². The van der Waals surface area contributed by atoms with E-state index in [9.17, 15) is 4.79 Å². The van der Waals surface area contributed by atoms with Crippen LogP contribution in [0.3, 0.4) is 0 Å². The van der Waals surface area contributed by atoms with Gasteiger partial charge in [-0.15, -0.1) is 0 Å². The summed E-state index contributed by atoms with van der Waals surface area (Å²) < 4.78 is 0. The molecule has 4 nitrogen and oxygen atoms in total. The molecule has 1 aromatic carbocycles. The molecule has 1 saturated heterocycles. The van der Waals surface area contributed by atoms with Crippen molar-refractivity contribution in [3.05, 3.63) is 65.5 Å². The van der Waals surface area contributed by atoms with Crippen molar-refractivity contribution < 1.29 is 4.79 Å². The van der Waals surface area contributed by atoms with Crippen molar-refractivity contribution >= 4 is 5.91 Å². The van der Waals surface area contributed by atoms with Gasteiger partial charge in [0.25, 0.3) is 0 Å². The van der Waals surface area contributed by atoms with E-state index in [1.165, 1.54) is 11.1 Å². The van der Waals surface area contributed by atoms with E-state index in [0.29, 0.717) is 12.3 Å². The molecule has 1 aliphatic heterocycles. The molecule has 1 amide bonds. The van der Waals surface area contributed by atoms with Gasteiger partial charge in [0.15, 0.2) is 0 Å². The third kappa shape index (κ3) is 5.40. The Labute approximate surface area is 156 Å². The number of rotatable bonds is 6. The van der Waals surface area contributed by atoms with E-state index < -0.39 is 0 Å². The van der Waals surface area contributed by atoms with Gasteiger partial charge < -0.3 is 4.90 Å². The number of hydrogen-bond acceptors (Lipinski definition) is 3. The van der Waals surface area contributed by atoms with Gasteiger partial charge in [-0.25, -0.2) is 0 Å². The zero-order valence-electron chi connectivity index (χ0n) is 15.9. The van der Waals surface area contributed by atoms with Gasteiger partial charge in [-0.2, -0.15) is 0 Å². The molecule has 138 valence electrons. The Morgan fingerprint density at radius 3 is 2.15 bits per heavy atom. The van der Waals surface area contributed by atoms with E-state index in [4.69, 9.17) is 0 Å². The maximum Gasteiger partial charge on any atom is 0.227 e. The third-order valence-electron chi connectivity index (χ3n) is 4.90. The summed E-state index contributed by atoms with van der Waals surface area (Å²) in [6, 6.07) is 12.6. The minimum absolute atomic E-state index is 0.241. The summed E-state index contributed by atoms with van der Waals surface area (Å²) in [5.74, 6) is 0.899. The normalized spacial score (nSPS) is 15.4. The van der Waals surface area contributed by atoms with E-state index in [1.807, 2.05) is 17.3 Å². The van der Waals surface area contributed by atoms with Gasteiger partial charge in [-0.3, -0.25) is 14.7 Å².